The number of amides is 1. The molecule has 8 heteroatoms. The maximum absolute atomic E-state index is 12.6. The molecule has 2 heterocycles. The topological polar surface area (TPSA) is 60.5 Å². The molecule has 27 heavy (non-hydrogen) atoms. The molecule has 142 valence electrons. The van der Waals surface area contributed by atoms with Crippen molar-refractivity contribution < 1.29 is 13.9 Å². The molecule has 0 fully saturated rings. The van der Waals surface area contributed by atoms with Crippen molar-refractivity contribution in [2.75, 3.05) is 7.05 Å². The molecule has 3 rings (SSSR count). The molecule has 3 aromatic rings. The number of furan rings is 1. The van der Waals surface area contributed by atoms with E-state index < -0.39 is 0 Å². The Hall–Kier alpha value is -2.25. The third kappa shape index (κ3) is 4.73. The molecular weight excluding hydrogens is 434 g/mol. The number of hydrogen-bond acceptors (Lipinski definition) is 4. The summed E-state index contributed by atoms with van der Waals surface area (Å²) in [5.41, 5.74) is 0.936. The van der Waals surface area contributed by atoms with Gasteiger partial charge in [-0.1, -0.05) is 11.6 Å². The van der Waals surface area contributed by atoms with Crippen molar-refractivity contribution in [3.8, 4) is 5.75 Å². The van der Waals surface area contributed by atoms with Crippen LogP contribution in [0.1, 0.15) is 28.9 Å². The van der Waals surface area contributed by atoms with E-state index in [1.54, 1.807) is 54.5 Å². The first-order chi connectivity index (χ1) is 13.0. The van der Waals surface area contributed by atoms with Crippen LogP contribution in [0.2, 0.25) is 5.02 Å². The van der Waals surface area contributed by atoms with E-state index in [2.05, 4.69) is 21.0 Å². The molecule has 2 aromatic heterocycles. The van der Waals surface area contributed by atoms with E-state index in [-0.39, 0.29) is 18.3 Å². The average Bonchev–Trinajstić information content (AvgIpc) is 3.28. The SMILES string of the molecule is CCn1ncc(Br)c1CN(C)C(=O)c1ccc(COc2ccc(Cl)cc2)o1. The van der Waals surface area contributed by atoms with Gasteiger partial charge in [-0.2, -0.15) is 5.10 Å². The largest absolute Gasteiger partial charge is 0.486 e. The lowest BCUT2D eigenvalue weighted by Crippen LogP contribution is -2.27. The minimum Gasteiger partial charge on any atom is -0.486 e. The number of halogens is 2. The van der Waals surface area contributed by atoms with Gasteiger partial charge in [0.1, 0.15) is 18.1 Å². The molecule has 1 aromatic carbocycles. The number of aryl methyl sites for hydroxylation is 1. The molecule has 0 N–H and O–H groups in total. The quantitative estimate of drug-likeness (QED) is 0.518. The fraction of sp³-hybridized carbons (Fsp3) is 0.263. The smallest absolute Gasteiger partial charge is 0.289 e. The van der Waals surface area contributed by atoms with Gasteiger partial charge in [-0.25, -0.2) is 0 Å². The van der Waals surface area contributed by atoms with Crippen molar-refractivity contribution in [3.63, 3.8) is 0 Å². The van der Waals surface area contributed by atoms with E-state index >= 15 is 0 Å². The first-order valence-corrected chi connectivity index (χ1v) is 9.57. The molecular formula is C19H19BrClN3O3. The van der Waals surface area contributed by atoms with E-state index in [9.17, 15) is 4.79 Å². The molecule has 0 spiro atoms. The lowest BCUT2D eigenvalue weighted by molar-refractivity contribution is 0.0745. The second-order valence-corrected chi connectivity index (χ2v) is 7.22. The first-order valence-electron chi connectivity index (χ1n) is 8.40. The van der Waals surface area contributed by atoms with Crippen molar-refractivity contribution >= 4 is 33.4 Å². The Bertz CT molecular complexity index is 921. The van der Waals surface area contributed by atoms with Crippen LogP contribution in [-0.2, 0) is 19.7 Å². The van der Waals surface area contributed by atoms with Gasteiger partial charge >= 0.3 is 0 Å². The number of nitrogens with zero attached hydrogens (tertiary/aromatic N) is 3. The van der Waals surface area contributed by atoms with Crippen LogP contribution >= 0.6 is 27.5 Å². The van der Waals surface area contributed by atoms with E-state index in [0.29, 0.717) is 23.1 Å². The first kappa shape index (κ1) is 19.5. The van der Waals surface area contributed by atoms with Gasteiger partial charge in [0.25, 0.3) is 5.91 Å². The molecule has 0 saturated carbocycles. The van der Waals surface area contributed by atoms with Crippen LogP contribution in [-0.4, -0.2) is 27.6 Å². The zero-order valence-electron chi connectivity index (χ0n) is 15.0. The highest BCUT2D eigenvalue weighted by atomic mass is 79.9. The number of carbonyl (C=O) groups excluding carboxylic acids is 1. The average molecular weight is 453 g/mol. The second-order valence-electron chi connectivity index (χ2n) is 5.92. The number of aromatic nitrogens is 2. The second kappa shape index (κ2) is 8.63. The highest BCUT2D eigenvalue weighted by Gasteiger charge is 2.19. The number of rotatable bonds is 7. The van der Waals surface area contributed by atoms with Crippen LogP contribution in [0.15, 0.2) is 51.5 Å². The molecule has 0 aliphatic heterocycles. The monoisotopic (exact) mass is 451 g/mol. The standard InChI is InChI=1S/C19H19BrClN3O3/c1-3-24-17(16(20)10-22-24)11-23(2)19(25)18-9-8-15(27-18)12-26-14-6-4-13(21)5-7-14/h4-10H,3,11-12H2,1-2H3. The zero-order valence-corrected chi connectivity index (χ0v) is 17.3. The van der Waals surface area contributed by atoms with Crippen LogP contribution in [0.4, 0.5) is 0 Å². The van der Waals surface area contributed by atoms with Crippen LogP contribution < -0.4 is 4.74 Å². The van der Waals surface area contributed by atoms with Gasteiger partial charge in [0.05, 0.1) is 22.9 Å². The normalized spacial score (nSPS) is 10.8. The maximum atomic E-state index is 12.6. The number of carbonyl (C=O) groups is 1. The lowest BCUT2D eigenvalue weighted by atomic mass is 10.3. The van der Waals surface area contributed by atoms with Crippen molar-refractivity contribution in [1.82, 2.24) is 14.7 Å². The molecule has 1 amide bonds. The third-order valence-corrected chi connectivity index (χ3v) is 4.91. The van der Waals surface area contributed by atoms with E-state index in [0.717, 1.165) is 16.7 Å². The highest BCUT2D eigenvalue weighted by molar-refractivity contribution is 9.10. The summed E-state index contributed by atoms with van der Waals surface area (Å²) in [6.07, 6.45) is 1.73. The van der Waals surface area contributed by atoms with Crippen LogP contribution in [0, 0.1) is 0 Å². The summed E-state index contributed by atoms with van der Waals surface area (Å²) >= 11 is 9.33. The summed E-state index contributed by atoms with van der Waals surface area (Å²) in [4.78, 5) is 14.2. The Morgan fingerprint density at radius 2 is 2.04 bits per heavy atom. The summed E-state index contributed by atoms with van der Waals surface area (Å²) in [5.74, 6) is 1.31. The van der Waals surface area contributed by atoms with Gasteiger partial charge < -0.3 is 14.1 Å². The predicted molar refractivity (Wildman–Crippen MR) is 106 cm³/mol. The molecule has 0 radical (unpaired) electrons. The fourth-order valence-electron chi connectivity index (χ4n) is 2.56. The van der Waals surface area contributed by atoms with E-state index in [1.165, 1.54) is 0 Å². The van der Waals surface area contributed by atoms with Crippen molar-refractivity contribution in [2.45, 2.75) is 26.6 Å². The fourth-order valence-corrected chi connectivity index (χ4v) is 3.11. The van der Waals surface area contributed by atoms with Gasteiger partial charge in [0, 0.05) is 18.6 Å². The van der Waals surface area contributed by atoms with Crippen LogP contribution in [0.5, 0.6) is 5.75 Å². The van der Waals surface area contributed by atoms with Crippen LogP contribution in [0.3, 0.4) is 0 Å². The number of ether oxygens (including phenoxy) is 1. The van der Waals surface area contributed by atoms with Gasteiger partial charge in [-0.3, -0.25) is 9.48 Å². The van der Waals surface area contributed by atoms with Crippen molar-refractivity contribution in [1.29, 1.82) is 0 Å². The minimum atomic E-state index is -0.205. The Morgan fingerprint density at radius 1 is 1.30 bits per heavy atom. The summed E-state index contributed by atoms with van der Waals surface area (Å²) in [7, 11) is 1.73. The third-order valence-electron chi connectivity index (χ3n) is 4.00. The summed E-state index contributed by atoms with van der Waals surface area (Å²) in [6.45, 7) is 3.39. The minimum absolute atomic E-state index is 0.205. The zero-order chi connectivity index (χ0) is 19.4. The van der Waals surface area contributed by atoms with Crippen LogP contribution in [0.25, 0.3) is 0 Å². The van der Waals surface area contributed by atoms with Crippen molar-refractivity contribution in [2.24, 2.45) is 0 Å². The summed E-state index contributed by atoms with van der Waals surface area (Å²) in [5, 5.41) is 4.91. The Balaban J connectivity index is 1.62. The van der Waals surface area contributed by atoms with Gasteiger partial charge in [-0.05, 0) is 59.3 Å². The van der Waals surface area contributed by atoms with Gasteiger partial charge in [0.15, 0.2) is 5.76 Å². The molecule has 0 unspecified atom stereocenters. The number of benzene rings is 1. The highest BCUT2D eigenvalue weighted by Crippen LogP contribution is 2.20. The predicted octanol–water partition coefficient (Wildman–Crippen LogP) is 4.76. The summed E-state index contributed by atoms with van der Waals surface area (Å²) in [6, 6.07) is 10.5. The molecule has 0 aliphatic carbocycles. The van der Waals surface area contributed by atoms with E-state index in [4.69, 9.17) is 20.8 Å². The van der Waals surface area contributed by atoms with Gasteiger partial charge in [-0.15, -0.1) is 0 Å². The molecule has 0 aliphatic rings. The molecule has 0 bridgehead atoms. The number of hydrogen-bond donors (Lipinski definition) is 0. The maximum Gasteiger partial charge on any atom is 0.289 e. The van der Waals surface area contributed by atoms with Crippen molar-refractivity contribution in [3.05, 3.63) is 69.3 Å². The molecule has 0 atom stereocenters. The lowest BCUT2D eigenvalue weighted by Gasteiger charge is -2.17. The Kier molecular flexibility index (Phi) is 6.23. The van der Waals surface area contributed by atoms with E-state index in [1.807, 2.05) is 11.6 Å². The molecule has 0 saturated heterocycles. The van der Waals surface area contributed by atoms with Gasteiger partial charge in [0.2, 0.25) is 0 Å². The Morgan fingerprint density at radius 3 is 2.74 bits per heavy atom. The Labute approximate surface area is 170 Å². The molecule has 6 nitrogen and oxygen atoms in total. The summed E-state index contributed by atoms with van der Waals surface area (Å²) < 4.78 is 14.0.